The Morgan fingerprint density at radius 3 is 2.52 bits per heavy atom. The van der Waals surface area contributed by atoms with Gasteiger partial charge in [0, 0.05) is 25.3 Å². The standard InChI is InChI=1S/C20H27N3O2/c1-6-25-19-12-17(9-10-18(19)24-5)23-20(21-4)22-13-16-8-7-14(2)11-15(16)3/h7-12H,6,13H2,1-5H3,(H2,21,22,23). The molecule has 0 aliphatic heterocycles. The van der Waals surface area contributed by atoms with Crippen LogP contribution in [-0.4, -0.2) is 26.7 Å². The number of rotatable bonds is 6. The van der Waals surface area contributed by atoms with Crippen molar-refractivity contribution in [1.29, 1.82) is 0 Å². The van der Waals surface area contributed by atoms with E-state index >= 15 is 0 Å². The van der Waals surface area contributed by atoms with Crippen molar-refractivity contribution >= 4 is 11.6 Å². The molecule has 0 unspecified atom stereocenters. The van der Waals surface area contributed by atoms with Gasteiger partial charge in [-0.3, -0.25) is 4.99 Å². The average molecular weight is 341 g/mol. The number of aliphatic imine (C=N–C) groups is 1. The largest absolute Gasteiger partial charge is 0.493 e. The summed E-state index contributed by atoms with van der Waals surface area (Å²) in [5.74, 6) is 2.12. The highest BCUT2D eigenvalue weighted by molar-refractivity contribution is 5.93. The van der Waals surface area contributed by atoms with E-state index in [4.69, 9.17) is 9.47 Å². The van der Waals surface area contributed by atoms with E-state index in [9.17, 15) is 0 Å². The van der Waals surface area contributed by atoms with E-state index in [1.54, 1.807) is 14.2 Å². The van der Waals surface area contributed by atoms with Crippen molar-refractivity contribution in [3.63, 3.8) is 0 Å². The van der Waals surface area contributed by atoms with Crippen LogP contribution >= 0.6 is 0 Å². The highest BCUT2D eigenvalue weighted by Gasteiger charge is 2.07. The molecule has 0 heterocycles. The molecule has 2 aromatic carbocycles. The van der Waals surface area contributed by atoms with Gasteiger partial charge in [0.25, 0.3) is 0 Å². The maximum absolute atomic E-state index is 5.61. The Labute approximate surface area is 150 Å². The van der Waals surface area contributed by atoms with Crippen LogP contribution in [0.25, 0.3) is 0 Å². The van der Waals surface area contributed by atoms with Gasteiger partial charge in [-0.1, -0.05) is 23.8 Å². The van der Waals surface area contributed by atoms with Gasteiger partial charge in [-0.2, -0.15) is 0 Å². The summed E-state index contributed by atoms with van der Waals surface area (Å²) >= 11 is 0. The number of aryl methyl sites for hydroxylation is 2. The third-order valence-corrected chi connectivity index (χ3v) is 3.89. The summed E-state index contributed by atoms with van der Waals surface area (Å²) < 4.78 is 10.9. The molecule has 2 aromatic rings. The van der Waals surface area contributed by atoms with Crippen molar-refractivity contribution in [2.24, 2.45) is 4.99 Å². The molecule has 0 bridgehead atoms. The second kappa shape index (κ2) is 8.97. The zero-order valence-electron chi connectivity index (χ0n) is 15.6. The van der Waals surface area contributed by atoms with Crippen molar-refractivity contribution in [2.75, 3.05) is 26.1 Å². The van der Waals surface area contributed by atoms with Crippen molar-refractivity contribution in [2.45, 2.75) is 27.3 Å². The van der Waals surface area contributed by atoms with Crippen LogP contribution in [0.15, 0.2) is 41.4 Å². The Morgan fingerprint density at radius 2 is 1.88 bits per heavy atom. The summed E-state index contributed by atoms with van der Waals surface area (Å²) in [6.07, 6.45) is 0. The lowest BCUT2D eigenvalue weighted by molar-refractivity contribution is 0.311. The summed E-state index contributed by atoms with van der Waals surface area (Å²) in [5, 5.41) is 6.62. The van der Waals surface area contributed by atoms with Crippen LogP contribution in [0.4, 0.5) is 5.69 Å². The summed E-state index contributed by atoms with van der Waals surface area (Å²) in [6, 6.07) is 12.2. The SMILES string of the molecule is CCOc1cc(NC(=NC)NCc2ccc(C)cc2C)ccc1OC. The Kier molecular flexibility index (Phi) is 6.69. The van der Waals surface area contributed by atoms with E-state index in [2.05, 4.69) is 47.7 Å². The monoisotopic (exact) mass is 341 g/mol. The van der Waals surface area contributed by atoms with Crippen LogP contribution in [0, 0.1) is 13.8 Å². The second-order valence-corrected chi connectivity index (χ2v) is 5.78. The third kappa shape index (κ3) is 5.14. The lowest BCUT2D eigenvalue weighted by Gasteiger charge is -2.15. The molecule has 0 fully saturated rings. The van der Waals surface area contributed by atoms with Gasteiger partial charge in [-0.05, 0) is 44.0 Å². The number of nitrogens with zero attached hydrogens (tertiary/aromatic N) is 1. The molecule has 0 aliphatic rings. The normalized spacial score (nSPS) is 11.2. The minimum Gasteiger partial charge on any atom is -0.493 e. The summed E-state index contributed by atoms with van der Waals surface area (Å²) in [4.78, 5) is 4.29. The van der Waals surface area contributed by atoms with Crippen molar-refractivity contribution < 1.29 is 9.47 Å². The van der Waals surface area contributed by atoms with Crippen molar-refractivity contribution in [3.05, 3.63) is 53.1 Å². The van der Waals surface area contributed by atoms with Gasteiger partial charge in [0.15, 0.2) is 17.5 Å². The molecule has 0 aliphatic carbocycles. The zero-order valence-corrected chi connectivity index (χ0v) is 15.6. The van der Waals surface area contributed by atoms with E-state index in [0.29, 0.717) is 30.6 Å². The minimum atomic E-state index is 0.583. The van der Waals surface area contributed by atoms with Crippen LogP contribution in [0.1, 0.15) is 23.6 Å². The van der Waals surface area contributed by atoms with Gasteiger partial charge in [0.2, 0.25) is 0 Å². The van der Waals surface area contributed by atoms with Crippen LogP contribution in [0.5, 0.6) is 11.5 Å². The first-order valence-electron chi connectivity index (χ1n) is 8.42. The molecular weight excluding hydrogens is 314 g/mol. The smallest absolute Gasteiger partial charge is 0.195 e. The highest BCUT2D eigenvalue weighted by Crippen LogP contribution is 2.30. The van der Waals surface area contributed by atoms with Gasteiger partial charge in [-0.25, -0.2) is 0 Å². The number of methoxy groups -OCH3 is 1. The van der Waals surface area contributed by atoms with Crippen LogP contribution < -0.4 is 20.1 Å². The van der Waals surface area contributed by atoms with E-state index in [0.717, 1.165) is 5.69 Å². The Balaban J connectivity index is 2.05. The number of guanidine groups is 1. The number of nitrogens with one attached hydrogen (secondary N) is 2. The van der Waals surface area contributed by atoms with Gasteiger partial charge < -0.3 is 20.1 Å². The van der Waals surface area contributed by atoms with Gasteiger partial charge >= 0.3 is 0 Å². The summed E-state index contributed by atoms with van der Waals surface area (Å²) in [7, 11) is 3.39. The molecule has 0 atom stereocenters. The Bertz CT molecular complexity index is 742. The Morgan fingerprint density at radius 1 is 1.08 bits per heavy atom. The number of anilines is 1. The highest BCUT2D eigenvalue weighted by atomic mass is 16.5. The number of ether oxygens (including phenoxy) is 2. The molecule has 5 nitrogen and oxygen atoms in total. The second-order valence-electron chi connectivity index (χ2n) is 5.78. The molecule has 0 radical (unpaired) electrons. The topological polar surface area (TPSA) is 54.9 Å². The fraction of sp³-hybridized carbons (Fsp3) is 0.350. The lowest BCUT2D eigenvalue weighted by atomic mass is 10.1. The van der Waals surface area contributed by atoms with Crippen molar-refractivity contribution in [3.8, 4) is 11.5 Å². The number of benzene rings is 2. The summed E-state index contributed by atoms with van der Waals surface area (Å²) in [5.41, 5.74) is 4.67. The molecule has 0 spiro atoms. The minimum absolute atomic E-state index is 0.583. The maximum atomic E-state index is 5.61. The first-order valence-corrected chi connectivity index (χ1v) is 8.42. The molecule has 2 N–H and O–H groups in total. The van der Waals surface area contributed by atoms with E-state index < -0.39 is 0 Å². The first kappa shape index (κ1) is 18.6. The fourth-order valence-corrected chi connectivity index (χ4v) is 2.56. The maximum Gasteiger partial charge on any atom is 0.195 e. The number of hydrogen-bond acceptors (Lipinski definition) is 3. The average Bonchev–Trinajstić information content (AvgIpc) is 2.60. The Hall–Kier alpha value is -2.69. The van der Waals surface area contributed by atoms with Crippen LogP contribution in [0.3, 0.4) is 0 Å². The summed E-state index contributed by atoms with van der Waals surface area (Å²) in [6.45, 7) is 7.46. The molecule has 5 heteroatoms. The van der Waals surface area contributed by atoms with Crippen LogP contribution in [0.2, 0.25) is 0 Å². The van der Waals surface area contributed by atoms with Crippen LogP contribution in [-0.2, 0) is 6.54 Å². The third-order valence-electron chi connectivity index (χ3n) is 3.89. The lowest BCUT2D eigenvalue weighted by Crippen LogP contribution is -2.30. The van der Waals surface area contributed by atoms with Gasteiger partial charge in [0.1, 0.15) is 0 Å². The predicted octanol–water partition coefficient (Wildman–Crippen LogP) is 3.90. The molecule has 134 valence electrons. The molecule has 0 amide bonds. The number of hydrogen-bond donors (Lipinski definition) is 2. The van der Waals surface area contributed by atoms with E-state index in [1.807, 2.05) is 25.1 Å². The quantitative estimate of drug-likeness (QED) is 0.618. The fourth-order valence-electron chi connectivity index (χ4n) is 2.56. The van der Waals surface area contributed by atoms with Crippen molar-refractivity contribution in [1.82, 2.24) is 5.32 Å². The van der Waals surface area contributed by atoms with E-state index in [1.165, 1.54) is 16.7 Å². The molecule has 0 saturated heterocycles. The van der Waals surface area contributed by atoms with Gasteiger partial charge in [0.05, 0.1) is 13.7 Å². The molecule has 0 saturated carbocycles. The predicted molar refractivity (Wildman–Crippen MR) is 104 cm³/mol. The first-order chi connectivity index (χ1) is 12.1. The molecule has 25 heavy (non-hydrogen) atoms. The van der Waals surface area contributed by atoms with Gasteiger partial charge in [-0.15, -0.1) is 0 Å². The molecule has 0 aromatic heterocycles. The van der Waals surface area contributed by atoms with E-state index in [-0.39, 0.29) is 0 Å². The zero-order chi connectivity index (χ0) is 18.2. The molecule has 2 rings (SSSR count). The molecular formula is C20H27N3O2.